The van der Waals surface area contributed by atoms with Crippen LogP contribution in [-0.4, -0.2) is 10.8 Å². The third-order valence-electron chi connectivity index (χ3n) is 2.26. The van der Waals surface area contributed by atoms with Crippen LogP contribution in [0.2, 0.25) is 5.02 Å². The van der Waals surface area contributed by atoms with Gasteiger partial charge in [-0.25, -0.2) is 0 Å². The summed E-state index contributed by atoms with van der Waals surface area (Å²) in [4.78, 5) is 22.0. The summed E-state index contributed by atoms with van der Waals surface area (Å²) >= 11 is 8.75. The number of hydrogen-bond acceptors (Lipinski definition) is 4. The number of nitro benzene ring substituents is 1. The molecule has 0 spiro atoms. The topological polar surface area (TPSA) is 85.4 Å². The van der Waals surface area contributed by atoms with Crippen molar-refractivity contribution in [2.45, 2.75) is 0 Å². The zero-order valence-electron chi connectivity index (χ0n) is 9.22. The van der Waals surface area contributed by atoms with Gasteiger partial charge in [-0.15, -0.1) is 0 Å². The highest BCUT2D eigenvalue weighted by Crippen LogP contribution is 2.28. The number of nitro groups is 1. The van der Waals surface area contributed by atoms with E-state index in [1.807, 2.05) is 0 Å². The van der Waals surface area contributed by atoms with E-state index >= 15 is 0 Å². The van der Waals surface area contributed by atoms with Crippen LogP contribution in [0.15, 0.2) is 39.6 Å². The summed E-state index contributed by atoms with van der Waals surface area (Å²) in [5.41, 5.74) is 0.289. The van der Waals surface area contributed by atoms with Crippen LogP contribution in [0.5, 0.6) is 0 Å². The first-order valence-corrected chi connectivity index (χ1v) is 6.14. The van der Waals surface area contributed by atoms with E-state index in [1.165, 1.54) is 30.5 Å². The van der Waals surface area contributed by atoms with E-state index in [4.69, 9.17) is 16.0 Å². The molecule has 0 radical (unpaired) electrons. The van der Waals surface area contributed by atoms with Gasteiger partial charge in [-0.2, -0.15) is 0 Å². The Morgan fingerprint density at radius 1 is 1.42 bits per heavy atom. The minimum absolute atomic E-state index is 0.00694. The van der Waals surface area contributed by atoms with Gasteiger partial charge in [-0.1, -0.05) is 11.6 Å². The van der Waals surface area contributed by atoms with E-state index in [0.29, 0.717) is 0 Å². The molecule has 0 fully saturated rings. The van der Waals surface area contributed by atoms with E-state index in [2.05, 4.69) is 21.2 Å². The molecule has 2 aromatic rings. The Morgan fingerprint density at radius 3 is 2.74 bits per heavy atom. The van der Waals surface area contributed by atoms with Crippen LogP contribution >= 0.6 is 27.5 Å². The Bertz CT molecular complexity index is 656. The predicted molar refractivity (Wildman–Crippen MR) is 72.5 cm³/mol. The van der Waals surface area contributed by atoms with Crippen molar-refractivity contribution < 1.29 is 14.1 Å². The second-order valence-electron chi connectivity index (χ2n) is 3.49. The lowest BCUT2D eigenvalue weighted by molar-refractivity contribution is -0.384. The number of nitrogens with one attached hydrogen (secondary N) is 1. The number of anilines is 1. The molecule has 0 bridgehead atoms. The maximum atomic E-state index is 11.9. The molecule has 0 aliphatic rings. The lowest BCUT2D eigenvalue weighted by Crippen LogP contribution is -2.11. The molecule has 0 unspecified atom stereocenters. The first-order chi connectivity index (χ1) is 8.99. The van der Waals surface area contributed by atoms with Crippen molar-refractivity contribution in [3.05, 3.63) is 55.9 Å². The summed E-state index contributed by atoms with van der Waals surface area (Å²) in [6.07, 6.45) is 1.35. The number of carbonyl (C=O) groups excluding carboxylic acids is 1. The summed E-state index contributed by atoms with van der Waals surface area (Å²) < 4.78 is 5.22. The van der Waals surface area contributed by atoms with Gasteiger partial charge in [0.05, 0.1) is 16.7 Å². The van der Waals surface area contributed by atoms with E-state index in [0.717, 1.165) is 0 Å². The Balaban J connectivity index is 2.25. The predicted octanol–water partition coefficient (Wildman–Crippen LogP) is 3.86. The van der Waals surface area contributed by atoms with Gasteiger partial charge in [0.25, 0.3) is 11.6 Å². The zero-order valence-corrected chi connectivity index (χ0v) is 11.6. The molecule has 1 heterocycles. The van der Waals surface area contributed by atoms with Crippen LogP contribution < -0.4 is 5.32 Å². The monoisotopic (exact) mass is 344 g/mol. The molecule has 2 rings (SSSR count). The SMILES string of the molecule is O=C(Nc1ccc(Cl)c([N+](=O)[O-])c1)c1ccoc1Br. The van der Waals surface area contributed by atoms with E-state index in [1.54, 1.807) is 0 Å². The van der Waals surface area contributed by atoms with E-state index in [-0.39, 0.29) is 26.6 Å². The fraction of sp³-hybridized carbons (Fsp3) is 0. The zero-order chi connectivity index (χ0) is 14.0. The number of hydrogen-bond donors (Lipinski definition) is 1. The largest absolute Gasteiger partial charge is 0.457 e. The molecule has 8 heteroatoms. The maximum Gasteiger partial charge on any atom is 0.289 e. The summed E-state index contributed by atoms with van der Waals surface area (Å²) in [6, 6.07) is 5.49. The van der Waals surface area contributed by atoms with Crippen molar-refractivity contribution in [3.8, 4) is 0 Å². The Hall–Kier alpha value is -1.86. The van der Waals surface area contributed by atoms with E-state index < -0.39 is 10.8 Å². The quantitative estimate of drug-likeness (QED) is 0.676. The molecule has 0 aliphatic heterocycles. The molecule has 0 aliphatic carbocycles. The van der Waals surface area contributed by atoms with Crippen molar-refractivity contribution in [1.82, 2.24) is 0 Å². The molecule has 1 N–H and O–H groups in total. The third-order valence-corrected chi connectivity index (χ3v) is 3.20. The normalized spacial score (nSPS) is 10.2. The smallest absolute Gasteiger partial charge is 0.289 e. The van der Waals surface area contributed by atoms with Crippen LogP contribution in [0.4, 0.5) is 11.4 Å². The second kappa shape index (κ2) is 5.41. The van der Waals surface area contributed by atoms with Crippen LogP contribution in [0.3, 0.4) is 0 Å². The van der Waals surface area contributed by atoms with Crippen LogP contribution in [0.25, 0.3) is 0 Å². The van der Waals surface area contributed by atoms with Gasteiger partial charge < -0.3 is 9.73 Å². The van der Waals surface area contributed by atoms with Gasteiger partial charge >= 0.3 is 0 Å². The van der Waals surface area contributed by atoms with Crippen molar-refractivity contribution in [2.75, 3.05) is 5.32 Å². The molecule has 1 aromatic heterocycles. The van der Waals surface area contributed by atoms with Gasteiger partial charge in [0.1, 0.15) is 5.02 Å². The lowest BCUT2D eigenvalue weighted by atomic mass is 10.2. The first kappa shape index (κ1) is 13.6. The van der Waals surface area contributed by atoms with Crippen LogP contribution in [0.1, 0.15) is 10.4 Å². The Morgan fingerprint density at radius 2 is 2.16 bits per heavy atom. The summed E-state index contributed by atoms with van der Waals surface area (Å²) in [6.45, 7) is 0. The highest BCUT2D eigenvalue weighted by molar-refractivity contribution is 9.10. The molecule has 0 saturated heterocycles. The molecular formula is C11H6BrClN2O4. The third kappa shape index (κ3) is 2.94. The van der Waals surface area contributed by atoms with Crippen molar-refractivity contribution in [1.29, 1.82) is 0 Å². The molecule has 19 heavy (non-hydrogen) atoms. The highest BCUT2D eigenvalue weighted by Gasteiger charge is 2.16. The van der Waals surface area contributed by atoms with Crippen molar-refractivity contribution in [2.24, 2.45) is 0 Å². The van der Waals surface area contributed by atoms with Gasteiger partial charge in [0, 0.05) is 11.8 Å². The molecular weight excluding hydrogens is 339 g/mol. The number of benzene rings is 1. The average Bonchev–Trinajstić information content (AvgIpc) is 2.77. The number of carbonyl (C=O) groups is 1. The number of amides is 1. The molecule has 98 valence electrons. The number of halogens is 2. The number of rotatable bonds is 3. The molecule has 1 aromatic carbocycles. The summed E-state index contributed by atoms with van der Waals surface area (Å²) in [5, 5.41) is 13.3. The van der Waals surface area contributed by atoms with Crippen molar-refractivity contribution >= 4 is 44.8 Å². The number of nitrogens with zero attached hydrogens (tertiary/aromatic N) is 1. The second-order valence-corrected chi connectivity index (χ2v) is 4.61. The standard InChI is InChI=1S/C11H6BrClN2O4/c12-10-7(3-4-19-10)11(16)14-6-1-2-8(13)9(5-6)15(17)18/h1-5H,(H,14,16). The Labute approximate surface area is 120 Å². The molecule has 0 atom stereocenters. The van der Waals surface area contributed by atoms with Gasteiger partial charge in [0.15, 0.2) is 4.67 Å². The lowest BCUT2D eigenvalue weighted by Gasteiger charge is -2.04. The minimum atomic E-state index is -0.619. The summed E-state index contributed by atoms with van der Waals surface area (Å²) in [7, 11) is 0. The van der Waals surface area contributed by atoms with Gasteiger partial charge in [0.2, 0.25) is 0 Å². The highest BCUT2D eigenvalue weighted by atomic mass is 79.9. The molecule has 1 amide bonds. The summed E-state index contributed by atoms with van der Waals surface area (Å²) in [5.74, 6) is -0.447. The fourth-order valence-electron chi connectivity index (χ4n) is 1.38. The molecule has 0 saturated carbocycles. The van der Waals surface area contributed by atoms with Crippen molar-refractivity contribution in [3.63, 3.8) is 0 Å². The van der Waals surface area contributed by atoms with Crippen LogP contribution in [-0.2, 0) is 0 Å². The average molecular weight is 346 g/mol. The van der Waals surface area contributed by atoms with Crippen LogP contribution in [0, 0.1) is 10.1 Å². The Kier molecular flexibility index (Phi) is 3.87. The molecule has 6 nitrogen and oxygen atoms in total. The van der Waals surface area contributed by atoms with Gasteiger partial charge in [-0.05, 0) is 34.1 Å². The van der Waals surface area contributed by atoms with Gasteiger partial charge in [-0.3, -0.25) is 14.9 Å². The minimum Gasteiger partial charge on any atom is -0.457 e. The first-order valence-electron chi connectivity index (χ1n) is 4.97. The maximum absolute atomic E-state index is 11.9. The fourth-order valence-corrected chi connectivity index (χ4v) is 1.99. The van der Waals surface area contributed by atoms with E-state index in [9.17, 15) is 14.9 Å². The number of furan rings is 1.